The van der Waals surface area contributed by atoms with Crippen molar-refractivity contribution in [2.75, 3.05) is 0 Å². The quantitative estimate of drug-likeness (QED) is 0.123. The largest absolute Gasteiger partial charge is 0.458 e. The highest BCUT2D eigenvalue weighted by atomic mass is 16.5. The fourth-order valence-electron chi connectivity index (χ4n) is 12.0. The molecule has 5 heteroatoms. The maximum absolute atomic E-state index is 6.97. The van der Waals surface area contributed by atoms with Gasteiger partial charge >= 0.3 is 0 Å². The number of para-hydroxylation sites is 2. The van der Waals surface area contributed by atoms with E-state index in [0.29, 0.717) is 0 Å². The third-order valence-electron chi connectivity index (χ3n) is 16.6. The van der Waals surface area contributed by atoms with E-state index >= 15 is 0 Å². The van der Waals surface area contributed by atoms with Gasteiger partial charge in [-0.15, -0.1) is 0 Å². The number of benzene rings is 9. The molecule has 400 valence electrons. The van der Waals surface area contributed by atoms with Gasteiger partial charge in [0, 0.05) is 23.0 Å². The van der Waals surface area contributed by atoms with E-state index in [2.05, 4.69) is 303 Å². The molecule has 1 aliphatic rings. The highest BCUT2D eigenvalue weighted by molar-refractivity contribution is 6.09. The van der Waals surface area contributed by atoms with Gasteiger partial charge in [-0.1, -0.05) is 223 Å². The van der Waals surface area contributed by atoms with Crippen LogP contribution in [0.3, 0.4) is 0 Å². The third kappa shape index (κ3) is 9.13. The minimum Gasteiger partial charge on any atom is -0.458 e. The van der Waals surface area contributed by atoms with Gasteiger partial charge in [0.25, 0.3) is 6.33 Å². The van der Waals surface area contributed by atoms with E-state index in [-0.39, 0.29) is 21.7 Å². The van der Waals surface area contributed by atoms with Gasteiger partial charge in [0.1, 0.15) is 17.3 Å². The standard InChI is InChI=1S/C76H70N4O/c1-73(2,3)51-36-37-77-70(44-51)80-67-30-19-18-28-61(67)62-35-33-57(46-69(62)80)81-56-25-20-24-55(45-56)78-47-79-71-64(50-38-52(74(4,5)6)41-53(39-50)75(7,8)9)42-54(76(10,11)12)43-66(71)59-27-17-16-26-58(59)65-40-49(48-22-14-13-15-23-48)32-34-60(65)63-29-21-31-68(78)72(63)79/h13-46H,1-12H3. The van der Waals surface area contributed by atoms with E-state index in [1.165, 1.54) is 66.6 Å². The summed E-state index contributed by atoms with van der Waals surface area (Å²) in [6.07, 6.45) is 6.02. The fourth-order valence-corrected chi connectivity index (χ4v) is 12.0. The molecule has 3 aromatic heterocycles. The SMILES string of the molecule is CC(C)(C)c1cc(-c2cc(C(C)(C)C)cc3c2-[n+]2[c-]n(-c4cccc(Oc5ccc6c7ccccc7n(-c7cc(C(C)(C)C)ccn7)c6c5)c4)c4cccc(c42)-c2ccc(-c4ccccc4)cc2-c2ccccc2-3)cc(C(C)(C)C)c1. The van der Waals surface area contributed by atoms with Crippen molar-refractivity contribution in [3.63, 3.8) is 0 Å². The van der Waals surface area contributed by atoms with Crippen molar-refractivity contribution >= 4 is 32.8 Å². The van der Waals surface area contributed by atoms with Gasteiger partial charge in [-0.25, -0.2) is 4.98 Å². The van der Waals surface area contributed by atoms with Gasteiger partial charge in [-0.2, -0.15) is 0 Å². The molecule has 0 saturated carbocycles. The lowest BCUT2D eigenvalue weighted by molar-refractivity contribution is -0.570. The molecule has 0 fully saturated rings. The summed E-state index contributed by atoms with van der Waals surface area (Å²) < 4.78 is 13.9. The van der Waals surface area contributed by atoms with Crippen LogP contribution in [-0.2, 0) is 21.7 Å². The Morgan fingerprint density at radius 1 is 0.383 bits per heavy atom. The molecule has 0 saturated heterocycles. The molecular formula is C76H70N4O. The smallest absolute Gasteiger partial charge is 0.269 e. The number of fused-ring (bicyclic) bond motifs is 10. The van der Waals surface area contributed by atoms with Crippen LogP contribution in [0, 0.1) is 6.33 Å². The summed E-state index contributed by atoms with van der Waals surface area (Å²) in [6.45, 7) is 27.8. The molecule has 0 bridgehead atoms. The Hall–Kier alpha value is -8.80. The van der Waals surface area contributed by atoms with Gasteiger partial charge in [0.15, 0.2) is 0 Å². The lowest BCUT2D eigenvalue weighted by Gasteiger charge is -2.29. The van der Waals surface area contributed by atoms with E-state index in [1.807, 2.05) is 6.20 Å². The summed E-state index contributed by atoms with van der Waals surface area (Å²) in [4.78, 5) is 4.95. The molecule has 81 heavy (non-hydrogen) atoms. The second-order valence-corrected chi connectivity index (χ2v) is 26.4. The highest BCUT2D eigenvalue weighted by Crippen LogP contribution is 2.49. The average molecular weight is 1060 g/mol. The summed E-state index contributed by atoms with van der Waals surface area (Å²) >= 11 is 0. The molecule has 9 aromatic carbocycles. The van der Waals surface area contributed by atoms with Crippen LogP contribution < -0.4 is 9.30 Å². The maximum Gasteiger partial charge on any atom is 0.269 e. The molecule has 0 spiro atoms. The molecule has 0 N–H and O–H groups in total. The van der Waals surface area contributed by atoms with E-state index in [4.69, 9.17) is 9.72 Å². The molecule has 0 amide bonds. The predicted molar refractivity (Wildman–Crippen MR) is 338 cm³/mol. The van der Waals surface area contributed by atoms with Crippen molar-refractivity contribution < 1.29 is 9.30 Å². The summed E-state index contributed by atoms with van der Waals surface area (Å²) in [7, 11) is 0. The number of hydrogen-bond acceptors (Lipinski definition) is 2. The zero-order chi connectivity index (χ0) is 56.3. The second kappa shape index (κ2) is 18.9. The molecule has 5 nitrogen and oxygen atoms in total. The van der Waals surface area contributed by atoms with E-state index < -0.39 is 0 Å². The first kappa shape index (κ1) is 51.6. The van der Waals surface area contributed by atoms with Crippen LogP contribution in [0.25, 0.3) is 106 Å². The lowest BCUT2D eigenvalue weighted by Crippen LogP contribution is -2.32. The minimum absolute atomic E-state index is 0.0350. The van der Waals surface area contributed by atoms with Gasteiger partial charge in [0.05, 0.1) is 33.4 Å². The average Bonchev–Trinajstić information content (AvgIpc) is 3.82. The van der Waals surface area contributed by atoms with Crippen molar-refractivity contribution in [3.8, 4) is 84.3 Å². The Morgan fingerprint density at radius 3 is 1.70 bits per heavy atom. The molecule has 12 aromatic rings. The van der Waals surface area contributed by atoms with Crippen LogP contribution in [-0.4, -0.2) is 14.1 Å². The number of pyridine rings is 1. The molecule has 0 atom stereocenters. The molecule has 4 heterocycles. The maximum atomic E-state index is 6.97. The topological polar surface area (TPSA) is 35.9 Å². The molecule has 0 radical (unpaired) electrons. The Morgan fingerprint density at radius 2 is 0.975 bits per heavy atom. The molecule has 13 rings (SSSR count). The van der Waals surface area contributed by atoms with Crippen LogP contribution in [0.2, 0.25) is 0 Å². The number of aromatic nitrogens is 4. The first-order valence-electron chi connectivity index (χ1n) is 28.6. The Labute approximate surface area is 477 Å². The number of nitrogens with zero attached hydrogens (tertiary/aromatic N) is 4. The summed E-state index contributed by atoms with van der Waals surface area (Å²) in [5.41, 5.74) is 22.7. The normalized spacial score (nSPS) is 12.7. The van der Waals surface area contributed by atoms with Gasteiger partial charge in [0.2, 0.25) is 0 Å². The number of rotatable bonds is 6. The summed E-state index contributed by atoms with van der Waals surface area (Å²) in [5, 5.41) is 2.32. The molecule has 0 aliphatic carbocycles. The van der Waals surface area contributed by atoms with Crippen LogP contribution in [0.5, 0.6) is 11.5 Å². The predicted octanol–water partition coefficient (Wildman–Crippen LogP) is 19.8. The third-order valence-corrected chi connectivity index (χ3v) is 16.6. The van der Waals surface area contributed by atoms with Crippen molar-refractivity contribution in [3.05, 3.63) is 235 Å². The number of hydrogen-bond donors (Lipinski definition) is 0. The zero-order valence-corrected chi connectivity index (χ0v) is 48.8. The van der Waals surface area contributed by atoms with E-state index in [9.17, 15) is 0 Å². The van der Waals surface area contributed by atoms with Gasteiger partial charge < -0.3 is 4.74 Å². The second-order valence-electron chi connectivity index (χ2n) is 26.4. The Bertz CT molecular complexity index is 4430. The van der Waals surface area contributed by atoms with Crippen LogP contribution in [0.15, 0.2) is 206 Å². The minimum atomic E-state index is -0.173. The van der Waals surface area contributed by atoms with Gasteiger partial charge in [-0.3, -0.25) is 13.7 Å². The fraction of sp³-hybridized carbons (Fsp3) is 0.211. The Kier molecular flexibility index (Phi) is 12.1. The van der Waals surface area contributed by atoms with Crippen LogP contribution in [0.1, 0.15) is 105 Å². The van der Waals surface area contributed by atoms with Crippen LogP contribution >= 0.6 is 0 Å². The first-order chi connectivity index (χ1) is 38.7. The van der Waals surface area contributed by atoms with Crippen LogP contribution in [0.4, 0.5) is 0 Å². The summed E-state index contributed by atoms with van der Waals surface area (Å²) in [5.74, 6) is 2.34. The highest BCUT2D eigenvalue weighted by Gasteiger charge is 2.31. The van der Waals surface area contributed by atoms with Crippen molar-refractivity contribution in [1.82, 2.24) is 14.1 Å². The Balaban J connectivity index is 1.06. The zero-order valence-electron chi connectivity index (χ0n) is 48.8. The van der Waals surface area contributed by atoms with E-state index in [0.717, 1.165) is 72.8 Å². The van der Waals surface area contributed by atoms with Gasteiger partial charge in [-0.05, 0) is 154 Å². The lowest BCUT2D eigenvalue weighted by atomic mass is 9.77. The summed E-state index contributed by atoms with van der Waals surface area (Å²) in [6, 6.07) is 73.7. The number of imidazole rings is 1. The number of ether oxygens (including phenoxy) is 1. The first-order valence-corrected chi connectivity index (χ1v) is 28.6. The van der Waals surface area contributed by atoms with E-state index in [1.54, 1.807) is 0 Å². The molecule has 0 unspecified atom stereocenters. The van der Waals surface area contributed by atoms with Crippen molar-refractivity contribution in [2.45, 2.75) is 105 Å². The van der Waals surface area contributed by atoms with Crippen molar-refractivity contribution in [1.29, 1.82) is 0 Å². The van der Waals surface area contributed by atoms with Crippen molar-refractivity contribution in [2.24, 2.45) is 0 Å². The monoisotopic (exact) mass is 1050 g/mol. The molecular weight excluding hydrogens is 985 g/mol. The molecule has 1 aliphatic heterocycles.